The number of hydrogen-bond donors (Lipinski definition) is 1. The third-order valence-corrected chi connectivity index (χ3v) is 6.89. The van der Waals surface area contributed by atoms with Crippen LogP contribution < -0.4 is 5.32 Å². The quantitative estimate of drug-likeness (QED) is 0.650. The summed E-state index contributed by atoms with van der Waals surface area (Å²) in [7, 11) is 0. The SMILES string of the molecule is CC(C)[C@@H](NC(=O)Cc1cccc2ccccc12)C(=O)N1CCN(CC(=O)N2CCOCC2)CC1. The van der Waals surface area contributed by atoms with Crippen molar-refractivity contribution >= 4 is 28.5 Å². The molecular formula is C27H36N4O4. The van der Waals surface area contributed by atoms with E-state index in [1.807, 2.05) is 66.1 Å². The second-order valence-corrected chi connectivity index (χ2v) is 9.70. The van der Waals surface area contributed by atoms with Gasteiger partial charge in [-0.2, -0.15) is 0 Å². The summed E-state index contributed by atoms with van der Waals surface area (Å²) in [5.74, 6) is -0.109. The molecule has 0 unspecified atom stereocenters. The molecule has 2 aromatic carbocycles. The minimum Gasteiger partial charge on any atom is -0.378 e. The minimum atomic E-state index is -0.570. The van der Waals surface area contributed by atoms with Crippen molar-refractivity contribution in [3.05, 3.63) is 48.0 Å². The van der Waals surface area contributed by atoms with E-state index >= 15 is 0 Å². The predicted octanol–water partition coefficient (Wildman–Crippen LogP) is 1.53. The van der Waals surface area contributed by atoms with Crippen molar-refractivity contribution in [2.45, 2.75) is 26.3 Å². The highest BCUT2D eigenvalue weighted by Crippen LogP contribution is 2.19. The van der Waals surface area contributed by atoms with E-state index in [1.165, 1.54) is 0 Å². The average Bonchev–Trinajstić information content (AvgIpc) is 2.88. The molecule has 8 nitrogen and oxygen atoms in total. The van der Waals surface area contributed by atoms with Crippen LogP contribution in [0.4, 0.5) is 0 Å². The van der Waals surface area contributed by atoms with Crippen LogP contribution in [0.25, 0.3) is 10.8 Å². The number of ether oxygens (including phenoxy) is 1. The molecule has 0 bridgehead atoms. The second kappa shape index (κ2) is 11.6. The maximum absolute atomic E-state index is 13.3. The van der Waals surface area contributed by atoms with Gasteiger partial charge >= 0.3 is 0 Å². The van der Waals surface area contributed by atoms with Gasteiger partial charge in [0.1, 0.15) is 6.04 Å². The Morgan fingerprint density at radius 2 is 1.57 bits per heavy atom. The molecule has 2 aromatic rings. The van der Waals surface area contributed by atoms with Gasteiger partial charge in [-0.1, -0.05) is 56.3 Å². The largest absolute Gasteiger partial charge is 0.378 e. The van der Waals surface area contributed by atoms with Crippen molar-refractivity contribution in [2.24, 2.45) is 5.92 Å². The van der Waals surface area contributed by atoms with Crippen LogP contribution in [-0.2, 0) is 25.5 Å². The number of piperazine rings is 1. The zero-order valence-corrected chi connectivity index (χ0v) is 20.7. The van der Waals surface area contributed by atoms with E-state index < -0.39 is 6.04 Å². The van der Waals surface area contributed by atoms with Crippen LogP contribution in [0.1, 0.15) is 19.4 Å². The van der Waals surface area contributed by atoms with Gasteiger partial charge in [0.25, 0.3) is 0 Å². The van der Waals surface area contributed by atoms with Crippen LogP contribution in [0.15, 0.2) is 42.5 Å². The van der Waals surface area contributed by atoms with Gasteiger partial charge in [-0.3, -0.25) is 19.3 Å². The topological polar surface area (TPSA) is 82.2 Å². The Morgan fingerprint density at radius 1 is 0.886 bits per heavy atom. The molecule has 35 heavy (non-hydrogen) atoms. The number of nitrogens with one attached hydrogen (secondary N) is 1. The van der Waals surface area contributed by atoms with E-state index in [0.717, 1.165) is 16.3 Å². The van der Waals surface area contributed by atoms with Crippen LogP contribution in [0.3, 0.4) is 0 Å². The van der Waals surface area contributed by atoms with Crippen LogP contribution in [0, 0.1) is 5.92 Å². The van der Waals surface area contributed by atoms with Crippen molar-refractivity contribution in [3.63, 3.8) is 0 Å². The normalized spacial score (nSPS) is 18.0. The molecule has 0 aliphatic carbocycles. The van der Waals surface area contributed by atoms with Gasteiger partial charge in [0.2, 0.25) is 17.7 Å². The fraction of sp³-hybridized carbons (Fsp3) is 0.519. The summed E-state index contributed by atoms with van der Waals surface area (Å²) >= 11 is 0. The molecule has 3 amide bonds. The van der Waals surface area contributed by atoms with E-state index in [9.17, 15) is 14.4 Å². The average molecular weight is 481 g/mol. The summed E-state index contributed by atoms with van der Waals surface area (Å²) in [6.07, 6.45) is 0.231. The van der Waals surface area contributed by atoms with E-state index in [4.69, 9.17) is 4.74 Å². The number of fused-ring (bicyclic) bond motifs is 1. The van der Waals surface area contributed by atoms with Crippen molar-refractivity contribution in [2.75, 3.05) is 59.0 Å². The Morgan fingerprint density at radius 3 is 2.29 bits per heavy atom. The Hall–Kier alpha value is -2.97. The molecule has 8 heteroatoms. The Labute approximate surface area is 207 Å². The van der Waals surface area contributed by atoms with Gasteiger partial charge in [0.05, 0.1) is 26.2 Å². The Bertz CT molecular complexity index is 1040. The highest BCUT2D eigenvalue weighted by Gasteiger charge is 2.31. The Kier molecular flexibility index (Phi) is 8.36. The Balaban J connectivity index is 1.30. The van der Waals surface area contributed by atoms with E-state index in [-0.39, 0.29) is 30.1 Å². The molecule has 2 aliphatic heterocycles. The second-order valence-electron chi connectivity index (χ2n) is 9.70. The molecule has 4 rings (SSSR count). The summed E-state index contributed by atoms with van der Waals surface area (Å²) in [6, 6.07) is 13.4. The van der Waals surface area contributed by atoms with Crippen LogP contribution in [-0.4, -0.2) is 97.5 Å². The number of carbonyl (C=O) groups excluding carboxylic acids is 3. The van der Waals surface area contributed by atoms with Crippen LogP contribution in [0.2, 0.25) is 0 Å². The third kappa shape index (κ3) is 6.38. The number of carbonyl (C=O) groups is 3. The first-order valence-corrected chi connectivity index (χ1v) is 12.5. The van der Waals surface area contributed by atoms with Crippen molar-refractivity contribution < 1.29 is 19.1 Å². The molecule has 2 heterocycles. The lowest BCUT2D eigenvalue weighted by molar-refractivity contribution is -0.140. The van der Waals surface area contributed by atoms with Gasteiger partial charge in [-0.05, 0) is 22.3 Å². The van der Waals surface area contributed by atoms with Gasteiger partial charge in [0.15, 0.2) is 0 Å². The highest BCUT2D eigenvalue weighted by molar-refractivity contribution is 5.92. The molecule has 0 radical (unpaired) electrons. The zero-order chi connectivity index (χ0) is 24.8. The third-order valence-electron chi connectivity index (χ3n) is 6.89. The number of amides is 3. The molecule has 1 atom stereocenters. The molecule has 2 fully saturated rings. The fourth-order valence-electron chi connectivity index (χ4n) is 4.78. The molecular weight excluding hydrogens is 444 g/mol. The fourth-order valence-corrected chi connectivity index (χ4v) is 4.78. The predicted molar refractivity (Wildman–Crippen MR) is 135 cm³/mol. The van der Waals surface area contributed by atoms with Crippen molar-refractivity contribution in [1.29, 1.82) is 0 Å². The van der Waals surface area contributed by atoms with Gasteiger partial charge in [-0.15, -0.1) is 0 Å². The van der Waals surface area contributed by atoms with Gasteiger partial charge in [-0.25, -0.2) is 0 Å². The smallest absolute Gasteiger partial charge is 0.245 e. The number of hydrogen-bond acceptors (Lipinski definition) is 5. The molecule has 0 aromatic heterocycles. The number of rotatable bonds is 7. The van der Waals surface area contributed by atoms with E-state index in [0.29, 0.717) is 59.0 Å². The summed E-state index contributed by atoms with van der Waals surface area (Å²) in [5.41, 5.74) is 0.953. The van der Waals surface area contributed by atoms with Crippen LogP contribution in [0.5, 0.6) is 0 Å². The summed E-state index contributed by atoms with van der Waals surface area (Å²) in [6.45, 7) is 9.17. The van der Waals surface area contributed by atoms with Crippen molar-refractivity contribution in [1.82, 2.24) is 20.0 Å². The van der Waals surface area contributed by atoms with Gasteiger partial charge in [0, 0.05) is 39.3 Å². The molecule has 2 saturated heterocycles. The summed E-state index contributed by atoms with van der Waals surface area (Å²) < 4.78 is 5.32. The van der Waals surface area contributed by atoms with Crippen molar-refractivity contribution in [3.8, 4) is 0 Å². The zero-order valence-electron chi connectivity index (χ0n) is 20.7. The molecule has 0 spiro atoms. The standard InChI is InChI=1S/C27H36N4O4/c1-20(2)26(28-24(32)18-22-8-5-7-21-6-3-4-9-23(21)22)27(34)31-12-10-29(11-13-31)19-25(33)30-14-16-35-17-15-30/h3-9,20,26H,10-19H2,1-2H3,(H,28,32)/t26-/m1/s1. The molecule has 2 aliphatic rings. The van der Waals surface area contributed by atoms with Crippen LogP contribution >= 0.6 is 0 Å². The maximum Gasteiger partial charge on any atom is 0.245 e. The summed E-state index contributed by atoms with van der Waals surface area (Å²) in [5, 5.41) is 5.15. The van der Waals surface area contributed by atoms with Gasteiger partial charge < -0.3 is 19.9 Å². The molecule has 0 saturated carbocycles. The maximum atomic E-state index is 13.3. The number of morpholine rings is 1. The highest BCUT2D eigenvalue weighted by atomic mass is 16.5. The first-order chi connectivity index (χ1) is 16.9. The van der Waals surface area contributed by atoms with E-state index in [2.05, 4.69) is 10.2 Å². The lowest BCUT2D eigenvalue weighted by Crippen LogP contribution is -2.57. The number of nitrogens with zero attached hydrogens (tertiary/aromatic N) is 3. The summed E-state index contributed by atoms with van der Waals surface area (Å²) in [4.78, 5) is 44.6. The monoisotopic (exact) mass is 480 g/mol. The lowest BCUT2D eigenvalue weighted by atomic mass is 9.99. The first-order valence-electron chi connectivity index (χ1n) is 12.5. The minimum absolute atomic E-state index is 0.0279. The first kappa shape index (κ1) is 25.1. The molecule has 1 N–H and O–H groups in total. The molecule has 188 valence electrons. The lowest BCUT2D eigenvalue weighted by Gasteiger charge is -2.38. The van der Waals surface area contributed by atoms with E-state index in [1.54, 1.807) is 0 Å². The number of benzene rings is 2.